The van der Waals surface area contributed by atoms with Crippen molar-refractivity contribution in [3.8, 4) is 0 Å². The highest BCUT2D eigenvalue weighted by Crippen LogP contribution is 2.11. The number of rotatable bonds is 4. The number of amides is 1. The molecule has 0 radical (unpaired) electrons. The highest BCUT2D eigenvalue weighted by Gasteiger charge is 2.10. The van der Waals surface area contributed by atoms with E-state index in [1.807, 2.05) is 48.5 Å². The number of aromatic nitrogens is 2. The summed E-state index contributed by atoms with van der Waals surface area (Å²) in [5.74, 6) is 0.146. The van der Waals surface area contributed by atoms with Crippen molar-refractivity contribution in [2.24, 2.45) is 0 Å². The van der Waals surface area contributed by atoms with Crippen molar-refractivity contribution in [2.75, 3.05) is 6.54 Å². The van der Waals surface area contributed by atoms with Gasteiger partial charge >= 0.3 is 0 Å². The molecule has 1 aromatic heterocycles. The molecule has 2 N–H and O–H groups in total. The van der Waals surface area contributed by atoms with Crippen LogP contribution in [-0.4, -0.2) is 22.4 Å². The number of para-hydroxylation sites is 2. The Morgan fingerprint density at radius 2 is 1.90 bits per heavy atom. The van der Waals surface area contributed by atoms with Crippen LogP contribution in [0.3, 0.4) is 0 Å². The van der Waals surface area contributed by atoms with Crippen LogP contribution >= 0.6 is 11.6 Å². The second kappa shape index (κ2) is 5.97. The van der Waals surface area contributed by atoms with Gasteiger partial charge in [0.1, 0.15) is 0 Å². The Hall–Kier alpha value is -2.33. The van der Waals surface area contributed by atoms with Gasteiger partial charge in [-0.05, 0) is 36.2 Å². The Balaban J connectivity index is 1.60. The molecular formula is C16H14ClN3O. The van der Waals surface area contributed by atoms with E-state index in [1.54, 1.807) is 0 Å². The molecule has 0 unspecified atom stereocenters. The summed E-state index contributed by atoms with van der Waals surface area (Å²) in [6.07, 6.45) is 0.753. The fraction of sp³-hybridized carbons (Fsp3) is 0.125. The topological polar surface area (TPSA) is 57.8 Å². The number of imidazole rings is 1. The molecule has 0 spiro atoms. The minimum absolute atomic E-state index is 0.194. The lowest BCUT2D eigenvalue weighted by Gasteiger charge is -2.03. The van der Waals surface area contributed by atoms with Crippen LogP contribution in [0.1, 0.15) is 16.2 Å². The lowest BCUT2D eigenvalue weighted by atomic mass is 10.1. The Bertz CT molecular complexity index is 732. The van der Waals surface area contributed by atoms with Crippen molar-refractivity contribution in [3.63, 3.8) is 0 Å². The van der Waals surface area contributed by atoms with Crippen LogP contribution in [0, 0.1) is 0 Å². The number of aromatic amines is 1. The Morgan fingerprint density at radius 1 is 1.14 bits per heavy atom. The zero-order valence-corrected chi connectivity index (χ0v) is 12.0. The van der Waals surface area contributed by atoms with E-state index >= 15 is 0 Å². The van der Waals surface area contributed by atoms with Crippen molar-refractivity contribution in [3.05, 3.63) is 64.9 Å². The van der Waals surface area contributed by atoms with Crippen molar-refractivity contribution in [1.29, 1.82) is 0 Å². The summed E-state index contributed by atoms with van der Waals surface area (Å²) in [5.41, 5.74) is 2.78. The Kier molecular flexibility index (Phi) is 3.88. The van der Waals surface area contributed by atoms with Crippen LogP contribution in [0.2, 0.25) is 5.02 Å². The van der Waals surface area contributed by atoms with E-state index in [4.69, 9.17) is 11.6 Å². The standard InChI is InChI=1S/C16H14ClN3O/c17-12-7-5-11(6-8-12)9-10-18-16(21)15-19-13-3-1-2-4-14(13)20-15/h1-8H,9-10H2,(H,18,21)(H,19,20). The molecule has 0 saturated carbocycles. The number of nitrogens with zero attached hydrogens (tertiary/aromatic N) is 1. The van der Waals surface area contributed by atoms with E-state index in [-0.39, 0.29) is 5.91 Å². The summed E-state index contributed by atoms with van der Waals surface area (Å²) >= 11 is 5.83. The largest absolute Gasteiger partial charge is 0.349 e. The molecule has 0 aliphatic heterocycles. The molecule has 3 aromatic rings. The van der Waals surface area contributed by atoms with E-state index in [2.05, 4.69) is 15.3 Å². The number of carbonyl (C=O) groups is 1. The van der Waals surface area contributed by atoms with Gasteiger partial charge in [0.2, 0.25) is 0 Å². The third kappa shape index (κ3) is 3.23. The van der Waals surface area contributed by atoms with E-state index in [0.29, 0.717) is 17.4 Å². The van der Waals surface area contributed by atoms with Crippen LogP contribution in [0.5, 0.6) is 0 Å². The summed E-state index contributed by atoms with van der Waals surface area (Å²) in [7, 11) is 0. The molecular weight excluding hydrogens is 286 g/mol. The fourth-order valence-corrected chi connectivity index (χ4v) is 2.24. The number of halogens is 1. The van der Waals surface area contributed by atoms with E-state index in [1.165, 1.54) is 0 Å². The first-order chi connectivity index (χ1) is 10.2. The van der Waals surface area contributed by atoms with Gasteiger partial charge in [-0.25, -0.2) is 4.98 Å². The average Bonchev–Trinajstić information content (AvgIpc) is 2.93. The molecule has 21 heavy (non-hydrogen) atoms. The lowest BCUT2D eigenvalue weighted by Crippen LogP contribution is -2.26. The number of carbonyl (C=O) groups excluding carboxylic acids is 1. The molecule has 1 heterocycles. The first-order valence-corrected chi connectivity index (χ1v) is 7.07. The number of hydrogen-bond donors (Lipinski definition) is 2. The van der Waals surface area contributed by atoms with Crippen molar-refractivity contribution >= 4 is 28.5 Å². The monoisotopic (exact) mass is 299 g/mol. The SMILES string of the molecule is O=C(NCCc1ccc(Cl)cc1)c1nc2ccccc2[nH]1. The van der Waals surface area contributed by atoms with E-state index in [0.717, 1.165) is 23.0 Å². The van der Waals surface area contributed by atoms with Crippen molar-refractivity contribution < 1.29 is 4.79 Å². The van der Waals surface area contributed by atoms with Gasteiger partial charge in [0.15, 0.2) is 5.82 Å². The summed E-state index contributed by atoms with van der Waals surface area (Å²) in [4.78, 5) is 19.3. The third-order valence-electron chi connectivity index (χ3n) is 3.22. The van der Waals surface area contributed by atoms with Crippen LogP contribution in [0.15, 0.2) is 48.5 Å². The molecule has 5 heteroatoms. The highest BCUT2D eigenvalue weighted by atomic mass is 35.5. The molecule has 3 rings (SSSR count). The molecule has 2 aromatic carbocycles. The van der Waals surface area contributed by atoms with Gasteiger partial charge in [-0.3, -0.25) is 4.79 Å². The van der Waals surface area contributed by atoms with Crippen LogP contribution in [0.4, 0.5) is 0 Å². The van der Waals surface area contributed by atoms with Crippen LogP contribution in [0.25, 0.3) is 11.0 Å². The maximum absolute atomic E-state index is 12.0. The molecule has 0 atom stereocenters. The van der Waals surface area contributed by atoms with Crippen LogP contribution in [-0.2, 0) is 6.42 Å². The number of fused-ring (bicyclic) bond motifs is 1. The summed E-state index contributed by atoms with van der Waals surface area (Å²) in [6.45, 7) is 0.553. The quantitative estimate of drug-likeness (QED) is 0.777. The molecule has 0 saturated heterocycles. The molecule has 0 fully saturated rings. The first-order valence-electron chi connectivity index (χ1n) is 6.70. The van der Waals surface area contributed by atoms with Gasteiger partial charge in [0.25, 0.3) is 5.91 Å². The molecule has 106 valence electrons. The molecule has 0 aliphatic rings. The Labute approximate surface area is 127 Å². The summed E-state index contributed by atoms with van der Waals surface area (Å²) in [5, 5.41) is 3.57. The van der Waals surface area contributed by atoms with E-state index < -0.39 is 0 Å². The normalized spacial score (nSPS) is 10.7. The smallest absolute Gasteiger partial charge is 0.287 e. The predicted octanol–water partition coefficient (Wildman–Crippen LogP) is 3.19. The minimum atomic E-state index is -0.194. The maximum Gasteiger partial charge on any atom is 0.287 e. The molecule has 0 aliphatic carbocycles. The van der Waals surface area contributed by atoms with Gasteiger partial charge in [0.05, 0.1) is 11.0 Å². The molecule has 1 amide bonds. The van der Waals surface area contributed by atoms with Crippen LogP contribution < -0.4 is 5.32 Å². The average molecular weight is 300 g/mol. The second-order valence-corrected chi connectivity index (χ2v) is 5.17. The maximum atomic E-state index is 12.0. The minimum Gasteiger partial charge on any atom is -0.349 e. The van der Waals surface area contributed by atoms with Gasteiger partial charge < -0.3 is 10.3 Å². The van der Waals surface area contributed by atoms with Crippen molar-refractivity contribution in [2.45, 2.75) is 6.42 Å². The number of nitrogens with one attached hydrogen (secondary N) is 2. The van der Waals surface area contributed by atoms with Crippen molar-refractivity contribution in [1.82, 2.24) is 15.3 Å². The zero-order chi connectivity index (χ0) is 14.7. The van der Waals surface area contributed by atoms with Gasteiger partial charge in [-0.2, -0.15) is 0 Å². The summed E-state index contributed by atoms with van der Waals surface area (Å²) < 4.78 is 0. The van der Waals surface area contributed by atoms with Gasteiger partial charge in [-0.1, -0.05) is 35.9 Å². The van der Waals surface area contributed by atoms with E-state index in [9.17, 15) is 4.79 Å². The molecule has 4 nitrogen and oxygen atoms in total. The number of hydrogen-bond acceptors (Lipinski definition) is 2. The number of benzene rings is 2. The van der Waals surface area contributed by atoms with Gasteiger partial charge in [0, 0.05) is 11.6 Å². The lowest BCUT2D eigenvalue weighted by molar-refractivity contribution is 0.0945. The zero-order valence-electron chi connectivity index (χ0n) is 11.3. The fourth-order valence-electron chi connectivity index (χ4n) is 2.12. The molecule has 0 bridgehead atoms. The summed E-state index contributed by atoms with van der Waals surface area (Å²) in [6, 6.07) is 15.2. The number of H-pyrrole nitrogens is 1. The third-order valence-corrected chi connectivity index (χ3v) is 3.47. The first kappa shape index (κ1) is 13.6. The van der Waals surface area contributed by atoms with Gasteiger partial charge in [-0.15, -0.1) is 0 Å². The second-order valence-electron chi connectivity index (χ2n) is 4.73. The Morgan fingerprint density at radius 3 is 2.67 bits per heavy atom. The highest BCUT2D eigenvalue weighted by molar-refractivity contribution is 6.30. The predicted molar refractivity (Wildman–Crippen MR) is 83.6 cm³/mol.